The van der Waals surface area contributed by atoms with Gasteiger partial charge in [-0.2, -0.15) is 0 Å². The number of phenolic OH excluding ortho intramolecular Hbond substituents is 1. The van der Waals surface area contributed by atoms with Crippen LogP contribution in [0.5, 0.6) is 5.75 Å². The zero-order chi connectivity index (χ0) is 15.9. The molecule has 1 aromatic carbocycles. The standard InChI is InChI=1S/C18H27N3O/c1-3-5-7-9-13-11-14(10-8-6-4-2)17(22)16-15(13)12-20-18(19)21-16/h11-12,22H,3-10H2,1-2H3,(H2,19,20,21). The van der Waals surface area contributed by atoms with Gasteiger partial charge in [0.1, 0.15) is 11.3 Å². The Morgan fingerprint density at radius 3 is 2.27 bits per heavy atom. The van der Waals surface area contributed by atoms with Gasteiger partial charge in [-0.15, -0.1) is 0 Å². The van der Waals surface area contributed by atoms with E-state index in [-0.39, 0.29) is 11.7 Å². The number of nitrogens with two attached hydrogens (primary N) is 1. The first kappa shape index (κ1) is 16.5. The van der Waals surface area contributed by atoms with E-state index in [0.29, 0.717) is 5.52 Å². The molecule has 0 saturated carbocycles. The van der Waals surface area contributed by atoms with Gasteiger partial charge in [0.25, 0.3) is 0 Å². The number of hydrogen-bond donors (Lipinski definition) is 2. The molecule has 22 heavy (non-hydrogen) atoms. The van der Waals surface area contributed by atoms with Crippen LogP contribution in [-0.4, -0.2) is 15.1 Å². The fourth-order valence-corrected chi connectivity index (χ4v) is 2.85. The third-order valence-electron chi connectivity index (χ3n) is 4.13. The Morgan fingerprint density at radius 2 is 1.64 bits per heavy atom. The second-order valence-corrected chi connectivity index (χ2v) is 5.95. The average molecular weight is 301 g/mol. The molecule has 0 spiro atoms. The highest BCUT2D eigenvalue weighted by Gasteiger charge is 2.13. The summed E-state index contributed by atoms with van der Waals surface area (Å²) in [6.45, 7) is 4.39. The molecule has 0 saturated heterocycles. The van der Waals surface area contributed by atoms with Crippen LogP contribution < -0.4 is 5.73 Å². The van der Waals surface area contributed by atoms with Crippen LogP contribution in [-0.2, 0) is 12.8 Å². The summed E-state index contributed by atoms with van der Waals surface area (Å²) in [5.41, 5.74) is 8.53. The molecule has 4 heteroatoms. The minimum atomic E-state index is 0.216. The van der Waals surface area contributed by atoms with E-state index in [0.717, 1.165) is 36.6 Å². The Bertz CT molecular complexity index is 625. The van der Waals surface area contributed by atoms with Gasteiger partial charge >= 0.3 is 0 Å². The second kappa shape index (κ2) is 7.97. The fourth-order valence-electron chi connectivity index (χ4n) is 2.85. The maximum atomic E-state index is 10.5. The molecule has 3 N–H and O–H groups in total. The van der Waals surface area contributed by atoms with Crippen LogP contribution >= 0.6 is 0 Å². The number of aromatic nitrogens is 2. The number of phenols is 1. The van der Waals surface area contributed by atoms with Crippen LogP contribution in [0.25, 0.3) is 10.9 Å². The Kier molecular flexibility index (Phi) is 5.99. The van der Waals surface area contributed by atoms with Gasteiger partial charge in [-0.3, -0.25) is 0 Å². The lowest BCUT2D eigenvalue weighted by Gasteiger charge is -2.12. The van der Waals surface area contributed by atoms with E-state index in [2.05, 4.69) is 29.9 Å². The molecule has 0 bridgehead atoms. The number of nitrogens with zero attached hydrogens (tertiary/aromatic N) is 2. The molecule has 2 aromatic rings. The molecule has 0 radical (unpaired) electrons. The minimum absolute atomic E-state index is 0.216. The average Bonchev–Trinajstić information content (AvgIpc) is 2.51. The third-order valence-corrected chi connectivity index (χ3v) is 4.13. The molecule has 0 aliphatic heterocycles. The molecule has 0 atom stereocenters. The Balaban J connectivity index is 2.39. The number of rotatable bonds is 8. The normalized spacial score (nSPS) is 11.2. The van der Waals surface area contributed by atoms with Crippen LogP contribution in [0.1, 0.15) is 63.5 Å². The molecular formula is C18H27N3O. The highest BCUT2D eigenvalue weighted by Crippen LogP contribution is 2.32. The SMILES string of the molecule is CCCCCc1cc(CCCCC)c2cnc(N)nc2c1O. The van der Waals surface area contributed by atoms with E-state index < -0.39 is 0 Å². The van der Waals surface area contributed by atoms with Crippen molar-refractivity contribution in [2.75, 3.05) is 5.73 Å². The number of benzene rings is 1. The van der Waals surface area contributed by atoms with Crippen molar-refractivity contribution >= 4 is 16.9 Å². The fraction of sp³-hybridized carbons (Fsp3) is 0.556. The van der Waals surface area contributed by atoms with E-state index in [1.165, 1.54) is 31.2 Å². The van der Waals surface area contributed by atoms with Crippen LogP contribution in [0.3, 0.4) is 0 Å². The molecule has 2 rings (SSSR count). The van der Waals surface area contributed by atoms with Gasteiger partial charge in [0.05, 0.1) is 0 Å². The van der Waals surface area contributed by atoms with Crippen LogP contribution in [0, 0.1) is 0 Å². The van der Waals surface area contributed by atoms with Gasteiger partial charge in [-0.1, -0.05) is 45.6 Å². The van der Waals surface area contributed by atoms with Crippen molar-refractivity contribution in [3.05, 3.63) is 23.4 Å². The summed E-state index contributed by atoms with van der Waals surface area (Å²) in [6, 6.07) is 2.14. The highest BCUT2D eigenvalue weighted by molar-refractivity contribution is 5.88. The number of aryl methyl sites for hydroxylation is 2. The topological polar surface area (TPSA) is 72.0 Å². The first-order valence-electron chi connectivity index (χ1n) is 8.43. The Labute approximate surface area is 132 Å². The number of nitrogen functional groups attached to an aromatic ring is 1. The Morgan fingerprint density at radius 1 is 1.00 bits per heavy atom. The number of fused-ring (bicyclic) bond motifs is 1. The first-order chi connectivity index (χ1) is 10.7. The summed E-state index contributed by atoms with van der Waals surface area (Å²) in [4.78, 5) is 8.37. The predicted molar refractivity (Wildman–Crippen MR) is 92.1 cm³/mol. The van der Waals surface area contributed by atoms with Crippen LogP contribution in [0.2, 0.25) is 0 Å². The molecule has 0 aliphatic rings. The monoisotopic (exact) mass is 301 g/mol. The summed E-state index contributed by atoms with van der Waals surface area (Å²) < 4.78 is 0. The predicted octanol–water partition coefficient (Wildman–Crippen LogP) is 4.38. The van der Waals surface area contributed by atoms with Crippen LogP contribution in [0.15, 0.2) is 12.3 Å². The molecule has 0 amide bonds. The number of unbranched alkanes of at least 4 members (excludes halogenated alkanes) is 4. The Hall–Kier alpha value is -1.84. The van der Waals surface area contributed by atoms with Gasteiger partial charge in [0, 0.05) is 11.6 Å². The molecule has 1 heterocycles. The van der Waals surface area contributed by atoms with E-state index in [1.54, 1.807) is 6.20 Å². The van der Waals surface area contributed by atoms with E-state index in [4.69, 9.17) is 5.73 Å². The van der Waals surface area contributed by atoms with Crippen molar-refractivity contribution in [1.29, 1.82) is 0 Å². The maximum Gasteiger partial charge on any atom is 0.220 e. The zero-order valence-corrected chi connectivity index (χ0v) is 13.7. The second-order valence-electron chi connectivity index (χ2n) is 5.95. The minimum Gasteiger partial charge on any atom is -0.505 e. The van der Waals surface area contributed by atoms with Gasteiger partial charge in [0.15, 0.2) is 0 Å². The van der Waals surface area contributed by atoms with Gasteiger partial charge < -0.3 is 10.8 Å². The largest absolute Gasteiger partial charge is 0.505 e. The maximum absolute atomic E-state index is 10.5. The third kappa shape index (κ3) is 3.87. The highest BCUT2D eigenvalue weighted by atomic mass is 16.3. The molecule has 1 aromatic heterocycles. The van der Waals surface area contributed by atoms with Crippen molar-refractivity contribution in [1.82, 2.24) is 9.97 Å². The lowest BCUT2D eigenvalue weighted by atomic mass is 9.96. The summed E-state index contributed by atoms with van der Waals surface area (Å²) in [5.74, 6) is 0.493. The number of hydrogen-bond acceptors (Lipinski definition) is 4. The number of anilines is 1. The molecule has 0 unspecified atom stereocenters. The zero-order valence-electron chi connectivity index (χ0n) is 13.7. The smallest absolute Gasteiger partial charge is 0.220 e. The van der Waals surface area contributed by atoms with Gasteiger partial charge in [-0.05, 0) is 36.8 Å². The van der Waals surface area contributed by atoms with Gasteiger partial charge in [-0.25, -0.2) is 9.97 Å². The molecule has 4 nitrogen and oxygen atoms in total. The van der Waals surface area contributed by atoms with E-state index in [9.17, 15) is 5.11 Å². The summed E-state index contributed by atoms with van der Waals surface area (Å²) >= 11 is 0. The van der Waals surface area contributed by atoms with Crippen molar-refractivity contribution < 1.29 is 5.11 Å². The van der Waals surface area contributed by atoms with Crippen molar-refractivity contribution in [2.45, 2.75) is 65.2 Å². The van der Waals surface area contributed by atoms with Crippen molar-refractivity contribution in [3.63, 3.8) is 0 Å². The molecule has 0 fully saturated rings. The summed E-state index contributed by atoms with van der Waals surface area (Å²) in [7, 11) is 0. The molecule has 120 valence electrons. The van der Waals surface area contributed by atoms with Crippen molar-refractivity contribution in [3.8, 4) is 5.75 Å². The molecular weight excluding hydrogens is 274 g/mol. The quantitative estimate of drug-likeness (QED) is 0.710. The number of aromatic hydroxyl groups is 1. The van der Waals surface area contributed by atoms with E-state index >= 15 is 0 Å². The summed E-state index contributed by atoms with van der Waals surface area (Å²) in [6.07, 6.45) is 10.6. The van der Waals surface area contributed by atoms with Crippen molar-refractivity contribution in [2.24, 2.45) is 0 Å². The lowest BCUT2D eigenvalue weighted by molar-refractivity contribution is 0.471. The summed E-state index contributed by atoms with van der Waals surface area (Å²) in [5, 5.41) is 11.5. The first-order valence-corrected chi connectivity index (χ1v) is 8.43. The van der Waals surface area contributed by atoms with Gasteiger partial charge in [0.2, 0.25) is 5.95 Å². The van der Waals surface area contributed by atoms with Crippen LogP contribution in [0.4, 0.5) is 5.95 Å². The lowest BCUT2D eigenvalue weighted by Crippen LogP contribution is -2.00. The molecule has 0 aliphatic carbocycles. The van der Waals surface area contributed by atoms with E-state index in [1.807, 2.05) is 0 Å².